The Labute approximate surface area is 182 Å². The maximum absolute atomic E-state index is 5.91. The standard InChI is InChI=1S/C20H21N11O/c1-12-24-18(28-20(21)25-12)17-19(26-15-5-6-22-29-15)27-16-4-3-13(11-31(16)17)14-9-23-30(10-14)7-8-32-2/h3-6,9-11H,7-8H2,1-2H3,(H2,22,26,29)(H2,21,24,25,28). The number of aryl methyl sites for hydroxylation is 1. The summed E-state index contributed by atoms with van der Waals surface area (Å²) in [4.78, 5) is 17.7. The number of pyridine rings is 1. The van der Waals surface area contributed by atoms with Gasteiger partial charge in [0.1, 0.15) is 23.0 Å². The lowest BCUT2D eigenvalue weighted by molar-refractivity contribution is 0.183. The van der Waals surface area contributed by atoms with E-state index in [4.69, 9.17) is 15.5 Å². The molecule has 0 aromatic carbocycles. The van der Waals surface area contributed by atoms with Crippen molar-refractivity contribution in [3.05, 3.63) is 48.8 Å². The van der Waals surface area contributed by atoms with Crippen molar-refractivity contribution < 1.29 is 4.74 Å². The van der Waals surface area contributed by atoms with Crippen LogP contribution in [0.3, 0.4) is 0 Å². The van der Waals surface area contributed by atoms with Gasteiger partial charge >= 0.3 is 0 Å². The molecule has 0 amide bonds. The number of anilines is 3. The Kier molecular flexibility index (Phi) is 4.95. The molecule has 0 fully saturated rings. The van der Waals surface area contributed by atoms with Gasteiger partial charge in [-0.15, -0.1) is 0 Å². The second-order valence-electron chi connectivity index (χ2n) is 7.10. The molecule has 32 heavy (non-hydrogen) atoms. The molecule has 0 saturated carbocycles. The van der Waals surface area contributed by atoms with E-state index in [9.17, 15) is 0 Å². The van der Waals surface area contributed by atoms with Crippen LogP contribution in [0.4, 0.5) is 17.6 Å². The van der Waals surface area contributed by atoms with Crippen LogP contribution in [0.15, 0.2) is 43.0 Å². The summed E-state index contributed by atoms with van der Waals surface area (Å²) < 4.78 is 8.90. The van der Waals surface area contributed by atoms with Gasteiger partial charge in [-0.05, 0) is 19.1 Å². The van der Waals surface area contributed by atoms with Gasteiger partial charge in [-0.25, -0.2) is 9.97 Å². The number of methoxy groups -OCH3 is 1. The van der Waals surface area contributed by atoms with E-state index in [1.807, 2.05) is 39.8 Å². The Hall–Kier alpha value is -4.32. The third kappa shape index (κ3) is 3.74. The lowest BCUT2D eigenvalue weighted by Gasteiger charge is -2.07. The van der Waals surface area contributed by atoms with Crippen LogP contribution in [-0.4, -0.2) is 58.0 Å². The Balaban J connectivity index is 1.64. The maximum atomic E-state index is 5.91. The summed E-state index contributed by atoms with van der Waals surface area (Å²) in [5.41, 5.74) is 9.21. The third-order valence-corrected chi connectivity index (χ3v) is 4.84. The molecule has 0 bridgehead atoms. The monoisotopic (exact) mass is 431 g/mol. The Morgan fingerprint density at radius 1 is 1.09 bits per heavy atom. The first-order valence-corrected chi connectivity index (χ1v) is 9.89. The summed E-state index contributed by atoms with van der Waals surface area (Å²) in [5, 5.41) is 14.5. The van der Waals surface area contributed by atoms with Gasteiger partial charge in [0.05, 0.1) is 25.5 Å². The number of nitrogens with one attached hydrogen (secondary N) is 2. The molecule has 12 heteroatoms. The van der Waals surface area contributed by atoms with Crippen LogP contribution in [-0.2, 0) is 11.3 Å². The topological polar surface area (TPSA) is 150 Å². The number of ether oxygens (including phenoxy) is 1. The first-order valence-electron chi connectivity index (χ1n) is 9.89. The number of hydrogen-bond donors (Lipinski definition) is 3. The van der Waals surface area contributed by atoms with E-state index in [-0.39, 0.29) is 5.95 Å². The predicted octanol–water partition coefficient (Wildman–Crippen LogP) is 2.05. The number of aromatic amines is 1. The second-order valence-corrected chi connectivity index (χ2v) is 7.10. The van der Waals surface area contributed by atoms with Crippen molar-refractivity contribution in [1.82, 2.24) is 44.3 Å². The van der Waals surface area contributed by atoms with E-state index >= 15 is 0 Å². The number of nitrogens with zero attached hydrogens (tertiary/aromatic N) is 8. The number of aromatic nitrogens is 9. The van der Waals surface area contributed by atoms with Gasteiger partial charge in [-0.3, -0.25) is 14.2 Å². The summed E-state index contributed by atoms with van der Waals surface area (Å²) in [6.45, 7) is 3.04. The van der Waals surface area contributed by atoms with E-state index in [0.717, 1.165) is 11.1 Å². The van der Waals surface area contributed by atoms with Crippen LogP contribution in [0.25, 0.3) is 28.3 Å². The fourth-order valence-electron chi connectivity index (χ4n) is 3.40. The molecule has 5 heterocycles. The molecule has 0 atom stereocenters. The number of nitrogen functional groups attached to an aromatic ring is 1. The van der Waals surface area contributed by atoms with Crippen molar-refractivity contribution >= 4 is 23.2 Å². The van der Waals surface area contributed by atoms with Crippen LogP contribution in [0.1, 0.15) is 5.82 Å². The molecule has 162 valence electrons. The zero-order chi connectivity index (χ0) is 22.1. The van der Waals surface area contributed by atoms with Gasteiger partial charge in [0.25, 0.3) is 0 Å². The first-order chi connectivity index (χ1) is 15.6. The third-order valence-electron chi connectivity index (χ3n) is 4.84. The molecule has 0 aliphatic carbocycles. The number of H-pyrrole nitrogens is 1. The van der Waals surface area contributed by atoms with Crippen LogP contribution >= 0.6 is 0 Å². The average Bonchev–Trinajstić information content (AvgIpc) is 3.51. The zero-order valence-electron chi connectivity index (χ0n) is 17.5. The van der Waals surface area contributed by atoms with Crippen LogP contribution in [0, 0.1) is 6.92 Å². The van der Waals surface area contributed by atoms with Crippen molar-refractivity contribution in [3.8, 4) is 22.6 Å². The number of imidazole rings is 1. The normalized spacial score (nSPS) is 11.3. The lowest BCUT2D eigenvalue weighted by atomic mass is 10.2. The minimum Gasteiger partial charge on any atom is -0.383 e. The molecule has 0 spiro atoms. The summed E-state index contributed by atoms with van der Waals surface area (Å²) in [5.74, 6) is 2.33. The fourth-order valence-corrected chi connectivity index (χ4v) is 3.40. The molecule has 5 aromatic heterocycles. The Morgan fingerprint density at radius 2 is 2.00 bits per heavy atom. The van der Waals surface area contributed by atoms with Crippen LogP contribution < -0.4 is 11.1 Å². The van der Waals surface area contributed by atoms with Crippen molar-refractivity contribution in [2.45, 2.75) is 13.5 Å². The second kappa shape index (κ2) is 8.07. The van der Waals surface area contributed by atoms with Gasteiger partial charge in [-0.2, -0.15) is 20.2 Å². The summed E-state index contributed by atoms with van der Waals surface area (Å²) in [7, 11) is 1.67. The fraction of sp³-hybridized carbons (Fsp3) is 0.200. The molecule has 0 saturated heterocycles. The van der Waals surface area contributed by atoms with Gasteiger partial charge in [0.2, 0.25) is 5.95 Å². The van der Waals surface area contributed by atoms with Crippen molar-refractivity contribution in [2.75, 3.05) is 24.8 Å². The van der Waals surface area contributed by atoms with Gasteiger partial charge in [0, 0.05) is 36.7 Å². The quantitative estimate of drug-likeness (QED) is 0.352. The summed E-state index contributed by atoms with van der Waals surface area (Å²) in [6, 6.07) is 5.73. The molecule has 12 nitrogen and oxygen atoms in total. The number of nitrogens with two attached hydrogens (primary N) is 1. The Bertz CT molecular complexity index is 1350. The summed E-state index contributed by atoms with van der Waals surface area (Å²) in [6.07, 6.45) is 7.43. The van der Waals surface area contributed by atoms with Gasteiger partial charge < -0.3 is 15.8 Å². The highest BCUT2D eigenvalue weighted by molar-refractivity contribution is 5.77. The number of fused-ring (bicyclic) bond motifs is 1. The van der Waals surface area contributed by atoms with Gasteiger partial charge in [0.15, 0.2) is 11.6 Å². The van der Waals surface area contributed by atoms with E-state index in [0.29, 0.717) is 47.8 Å². The largest absolute Gasteiger partial charge is 0.383 e. The lowest BCUT2D eigenvalue weighted by Crippen LogP contribution is -2.05. The molecule has 0 radical (unpaired) electrons. The molecule has 0 aliphatic heterocycles. The Morgan fingerprint density at radius 3 is 2.78 bits per heavy atom. The smallest absolute Gasteiger partial charge is 0.223 e. The van der Waals surface area contributed by atoms with Crippen LogP contribution in [0.2, 0.25) is 0 Å². The number of hydrogen-bond acceptors (Lipinski definition) is 9. The highest BCUT2D eigenvalue weighted by Crippen LogP contribution is 2.31. The average molecular weight is 431 g/mol. The minimum absolute atomic E-state index is 0.144. The molecule has 5 aromatic rings. The van der Waals surface area contributed by atoms with E-state index < -0.39 is 0 Å². The maximum Gasteiger partial charge on any atom is 0.223 e. The summed E-state index contributed by atoms with van der Waals surface area (Å²) >= 11 is 0. The first kappa shape index (κ1) is 19.6. The molecular formula is C20H21N11O. The number of rotatable bonds is 7. The van der Waals surface area contributed by atoms with Crippen molar-refractivity contribution in [1.29, 1.82) is 0 Å². The van der Waals surface area contributed by atoms with E-state index in [1.54, 1.807) is 26.3 Å². The SMILES string of the molecule is COCCn1cc(-c2ccc3nc(Nc4ccn[nH]4)c(-c4nc(C)nc(N)n4)n3c2)cn1. The molecule has 5 rings (SSSR count). The minimum atomic E-state index is 0.144. The highest BCUT2D eigenvalue weighted by atomic mass is 16.5. The van der Waals surface area contributed by atoms with Crippen LogP contribution in [0.5, 0.6) is 0 Å². The van der Waals surface area contributed by atoms with Gasteiger partial charge in [-0.1, -0.05) is 0 Å². The molecule has 4 N–H and O–H groups in total. The zero-order valence-corrected chi connectivity index (χ0v) is 17.5. The van der Waals surface area contributed by atoms with E-state index in [2.05, 4.69) is 35.6 Å². The molecule has 0 unspecified atom stereocenters. The highest BCUT2D eigenvalue weighted by Gasteiger charge is 2.19. The predicted molar refractivity (Wildman–Crippen MR) is 118 cm³/mol. The molecule has 0 aliphatic rings. The van der Waals surface area contributed by atoms with Crippen molar-refractivity contribution in [2.24, 2.45) is 0 Å². The van der Waals surface area contributed by atoms with E-state index in [1.165, 1.54) is 0 Å². The van der Waals surface area contributed by atoms with Crippen molar-refractivity contribution in [3.63, 3.8) is 0 Å². The molecular weight excluding hydrogens is 410 g/mol.